The highest BCUT2D eigenvalue weighted by Crippen LogP contribution is 2.09. The van der Waals surface area contributed by atoms with Crippen LogP contribution in [0.15, 0.2) is 42.7 Å². The normalized spacial score (nSPS) is 10.8. The molecule has 0 atom stereocenters. The van der Waals surface area contributed by atoms with Crippen LogP contribution in [0.25, 0.3) is 0 Å². The van der Waals surface area contributed by atoms with Gasteiger partial charge in [-0.15, -0.1) is 0 Å². The lowest BCUT2D eigenvalue weighted by Crippen LogP contribution is -2.16. The summed E-state index contributed by atoms with van der Waals surface area (Å²) in [6.07, 6.45) is 6.59. The SMILES string of the molecule is CCCn1ccc(CNCCc2ccc(Cl)cc2)c1. The van der Waals surface area contributed by atoms with Crippen LogP contribution in [-0.4, -0.2) is 11.1 Å². The van der Waals surface area contributed by atoms with E-state index in [1.807, 2.05) is 12.1 Å². The summed E-state index contributed by atoms with van der Waals surface area (Å²) in [5.41, 5.74) is 2.67. The number of benzene rings is 1. The second kappa shape index (κ2) is 7.37. The fourth-order valence-electron chi connectivity index (χ4n) is 2.11. The summed E-state index contributed by atoms with van der Waals surface area (Å²) in [4.78, 5) is 0. The average molecular weight is 277 g/mol. The third kappa shape index (κ3) is 4.73. The van der Waals surface area contributed by atoms with E-state index in [2.05, 4.69) is 47.4 Å². The fourth-order valence-corrected chi connectivity index (χ4v) is 2.23. The van der Waals surface area contributed by atoms with Crippen LogP contribution in [-0.2, 0) is 19.5 Å². The Morgan fingerprint density at radius 3 is 2.63 bits per heavy atom. The first-order chi connectivity index (χ1) is 9.28. The van der Waals surface area contributed by atoms with Gasteiger partial charge in [0.25, 0.3) is 0 Å². The molecule has 1 aromatic carbocycles. The van der Waals surface area contributed by atoms with Gasteiger partial charge in [0, 0.05) is 30.5 Å². The van der Waals surface area contributed by atoms with Crippen molar-refractivity contribution >= 4 is 11.6 Å². The standard InChI is InChI=1S/C16H21ClN2/c1-2-10-19-11-8-15(13-19)12-18-9-7-14-3-5-16(17)6-4-14/h3-6,8,11,13,18H,2,7,9-10,12H2,1H3. The van der Waals surface area contributed by atoms with Crippen LogP contribution in [0.4, 0.5) is 0 Å². The van der Waals surface area contributed by atoms with Gasteiger partial charge in [-0.1, -0.05) is 30.7 Å². The zero-order valence-corrected chi connectivity index (χ0v) is 12.2. The van der Waals surface area contributed by atoms with Crippen molar-refractivity contribution in [2.24, 2.45) is 0 Å². The van der Waals surface area contributed by atoms with Crippen molar-refractivity contribution in [3.63, 3.8) is 0 Å². The number of nitrogens with zero attached hydrogens (tertiary/aromatic N) is 1. The Morgan fingerprint density at radius 1 is 1.11 bits per heavy atom. The Morgan fingerprint density at radius 2 is 1.89 bits per heavy atom. The van der Waals surface area contributed by atoms with Crippen LogP contribution in [0.5, 0.6) is 0 Å². The Hall–Kier alpha value is -1.25. The van der Waals surface area contributed by atoms with E-state index < -0.39 is 0 Å². The molecule has 1 heterocycles. The maximum absolute atomic E-state index is 5.86. The van der Waals surface area contributed by atoms with Crippen molar-refractivity contribution < 1.29 is 0 Å². The first-order valence-corrected chi connectivity index (χ1v) is 7.25. The lowest BCUT2D eigenvalue weighted by atomic mass is 10.1. The van der Waals surface area contributed by atoms with E-state index in [1.165, 1.54) is 17.5 Å². The summed E-state index contributed by atoms with van der Waals surface area (Å²) >= 11 is 5.86. The molecule has 0 unspecified atom stereocenters. The van der Waals surface area contributed by atoms with E-state index >= 15 is 0 Å². The largest absolute Gasteiger partial charge is 0.354 e. The average Bonchev–Trinajstić information content (AvgIpc) is 2.85. The Labute approximate surface area is 120 Å². The van der Waals surface area contributed by atoms with Gasteiger partial charge < -0.3 is 9.88 Å². The summed E-state index contributed by atoms with van der Waals surface area (Å²) in [7, 11) is 0. The van der Waals surface area contributed by atoms with Crippen molar-refractivity contribution in [1.82, 2.24) is 9.88 Å². The number of aryl methyl sites for hydroxylation is 1. The topological polar surface area (TPSA) is 17.0 Å². The number of rotatable bonds is 7. The van der Waals surface area contributed by atoms with Gasteiger partial charge in [0.1, 0.15) is 0 Å². The molecule has 0 fully saturated rings. The molecular formula is C16H21ClN2. The highest BCUT2D eigenvalue weighted by atomic mass is 35.5. The van der Waals surface area contributed by atoms with Crippen molar-refractivity contribution in [2.45, 2.75) is 32.9 Å². The second-order valence-electron chi connectivity index (χ2n) is 4.81. The van der Waals surface area contributed by atoms with Crippen LogP contribution >= 0.6 is 11.6 Å². The molecule has 0 radical (unpaired) electrons. The first-order valence-electron chi connectivity index (χ1n) is 6.87. The smallest absolute Gasteiger partial charge is 0.0406 e. The molecular weight excluding hydrogens is 256 g/mol. The minimum absolute atomic E-state index is 0.800. The number of hydrogen-bond acceptors (Lipinski definition) is 1. The number of aromatic nitrogens is 1. The molecule has 2 nitrogen and oxygen atoms in total. The van der Waals surface area contributed by atoms with Crippen LogP contribution in [0.1, 0.15) is 24.5 Å². The Balaban J connectivity index is 1.69. The maximum atomic E-state index is 5.86. The minimum atomic E-state index is 0.800. The van der Waals surface area contributed by atoms with E-state index in [0.717, 1.165) is 31.1 Å². The monoisotopic (exact) mass is 276 g/mol. The van der Waals surface area contributed by atoms with Gasteiger partial charge in [0.2, 0.25) is 0 Å². The van der Waals surface area contributed by atoms with Crippen LogP contribution in [0.3, 0.4) is 0 Å². The van der Waals surface area contributed by atoms with Gasteiger partial charge >= 0.3 is 0 Å². The molecule has 0 aliphatic rings. The summed E-state index contributed by atoms with van der Waals surface area (Å²) in [5, 5.41) is 4.27. The maximum Gasteiger partial charge on any atom is 0.0406 e. The Bertz CT molecular complexity index is 488. The fraction of sp³-hybridized carbons (Fsp3) is 0.375. The highest BCUT2D eigenvalue weighted by molar-refractivity contribution is 6.30. The van der Waals surface area contributed by atoms with E-state index in [9.17, 15) is 0 Å². The number of halogens is 1. The second-order valence-corrected chi connectivity index (χ2v) is 5.25. The van der Waals surface area contributed by atoms with Crippen LogP contribution in [0.2, 0.25) is 5.02 Å². The van der Waals surface area contributed by atoms with Crippen molar-refractivity contribution in [1.29, 1.82) is 0 Å². The van der Waals surface area contributed by atoms with Gasteiger partial charge in [0.05, 0.1) is 0 Å². The van der Waals surface area contributed by atoms with Crippen molar-refractivity contribution in [3.8, 4) is 0 Å². The molecule has 0 bridgehead atoms. The highest BCUT2D eigenvalue weighted by Gasteiger charge is 1.97. The summed E-state index contributed by atoms with van der Waals surface area (Å²) in [6, 6.07) is 10.2. The summed E-state index contributed by atoms with van der Waals surface area (Å²) in [5.74, 6) is 0. The molecule has 1 aromatic heterocycles. The molecule has 2 aromatic rings. The lowest BCUT2D eigenvalue weighted by Gasteiger charge is -2.04. The van der Waals surface area contributed by atoms with Crippen molar-refractivity contribution in [3.05, 3.63) is 58.9 Å². The van der Waals surface area contributed by atoms with E-state index in [-0.39, 0.29) is 0 Å². The molecule has 0 spiro atoms. The van der Waals surface area contributed by atoms with Crippen LogP contribution in [0, 0.1) is 0 Å². The van der Waals surface area contributed by atoms with Gasteiger partial charge in [-0.25, -0.2) is 0 Å². The van der Waals surface area contributed by atoms with E-state index in [1.54, 1.807) is 0 Å². The van der Waals surface area contributed by atoms with E-state index in [4.69, 9.17) is 11.6 Å². The van der Waals surface area contributed by atoms with Gasteiger partial charge in [0.15, 0.2) is 0 Å². The molecule has 0 aliphatic heterocycles. The summed E-state index contributed by atoms with van der Waals surface area (Å²) in [6.45, 7) is 5.22. The molecule has 0 saturated heterocycles. The molecule has 1 N–H and O–H groups in total. The first kappa shape index (κ1) is 14.2. The molecule has 2 rings (SSSR count). The predicted octanol–water partition coefficient (Wildman–Crippen LogP) is 3.88. The zero-order chi connectivity index (χ0) is 13.5. The Kier molecular flexibility index (Phi) is 5.49. The lowest BCUT2D eigenvalue weighted by molar-refractivity contribution is 0.666. The molecule has 0 aliphatic carbocycles. The van der Waals surface area contributed by atoms with Gasteiger partial charge in [-0.3, -0.25) is 0 Å². The number of hydrogen-bond donors (Lipinski definition) is 1. The molecule has 102 valence electrons. The van der Waals surface area contributed by atoms with Crippen molar-refractivity contribution in [2.75, 3.05) is 6.54 Å². The quantitative estimate of drug-likeness (QED) is 0.760. The zero-order valence-electron chi connectivity index (χ0n) is 11.4. The van der Waals surface area contributed by atoms with Crippen LogP contribution < -0.4 is 5.32 Å². The number of nitrogens with one attached hydrogen (secondary N) is 1. The third-order valence-electron chi connectivity index (χ3n) is 3.13. The molecule has 19 heavy (non-hydrogen) atoms. The van der Waals surface area contributed by atoms with Gasteiger partial charge in [-0.05, 0) is 48.7 Å². The molecule has 3 heteroatoms. The van der Waals surface area contributed by atoms with E-state index in [0.29, 0.717) is 0 Å². The minimum Gasteiger partial charge on any atom is -0.354 e. The van der Waals surface area contributed by atoms with Gasteiger partial charge in [-0.2, -0.15) is 0 Å². The molecule has 0 saturated carbocycles. The molecule has 0 amide bonds. The predicted molar refractivity (Wildman–Crippen MR) is 81.6 cm³/mol. The summed E-state index contributed by atoms with van der Waals surface area (Å²) < 4.78 is 2.25. The third-order valence-corrected chi connectivity index (χ3v) is 3.38.